The second-order valence-electron chi connectivity index (χ2n) is 13.9. The minimum atomic E-state index is 0.222. The average molecular weight is 475 g/mol. The zero-order valence-electron chi connectivity index (χ0n) is 23.2. The maximum atomic E-state index is 10.5. The Hall–Kier alpha value is -0.370. The largest absolute Gasteiger partial charge is 0.194 e. The fourth-order valence-electron chi connectivity index (χ4n) is 9.26. The highest BCUT2D eigenvalue weighted by atomic mass is 19.3. The zero-order chi connectivity index (χ0) is 24.3. The molecule has 4 saturated carbocycles. The molecule has 0 aromatic carbocycles. The third kappa shape index (κ3) is 5.47. The van der Waals surface area contributed by atoms with Crippen molar-refractivity contribution in [3.63, 3.8) is 0 Å². The van der Waals surface area contributed by atoms with E-state index in [4.69, 9.17) is 0 Å². The van der Waals surface area contributed by atoms with Crippen molar-refractivity contribution < 1.29 is 9.47 Å². The number of allylic oxidation sites excluding steroid dienone is 2. The molecule has 34 heavy (non-hydrogen) atoms. The van der Waals surface area contributed by atoms with Crippen LogP contribution in [0.1, 0.15) is 131 Å². The number of fused-ring (bicyclic) bond motifs is 5. The molecule has 0 aromatic rings. The molecule has 4 fully saturated rings. The van der Waals surface area contributed by atoms with E-state index < -0.39 is 0 Å². The van der Waals surface area contributed by atoms with E-state index in [1.165, 1.54) is 44.9 Å². The Bertz CT molecular complexity index is 678. The molecule has 0 radical (unpaired) electrons. The van der Waals surface area contributed by atoms with Gasteiger partial charge in [0, 0.05) is 0 Å². The van der Waals surface area contributed by atoms with Gasteiger partial charge in [-0.3, -0.25) is 0 Å². The molecule has 5 aliphatic rings. The molecular formula is C32H55FO. The lowest BCUT2D eigenvalue weighted by Gasteiger charge is -2.58. The van der Waals surface area contributed by atoms with Crippen molar-refractivity contribution in [1.82, 2.24) is 0 Å². The highest BCUT2D eigenvalue weighted by molar-refractivity contribution is 5.25. The Labute approximate surface area is 211 Å². The first-order chi connectivity index (χ1) is 16.3. The second-order valence-corrected chi connectivity index (χ2v) is 13.9. The summed E-state index contributed by atoms with van der Waals surface area (Å²) in [7, 11) is 0. The van der Waals surface area contributed by atoms with Gasteiger partial charge in [-0.05, 0) is 134 Å². The van der Waals surface area contributed by atoms with Crippen molar-refractivity contribution in [2.45, 2.75) is 131 Å². The van der Waals surface area contributed by atoms with Crippen LogP contribution in [-0.2, 0) is 4.94 Å². The maximum absolute atomic E-state index is 10.5. The Balaban J connectivity index is 0.000000499. The summed E-state index contributed by atoms with van der Waals surface area (Å²) in [4.78, 5) is 3.19. The van der Waals surface area contributed by atoms with Crippen LogP contribution in [0.3, 0.4) is 0 Å². The average Bonchev–Trinajstić information content (AvgIpc) is 3.60. The van der Waals surface area contributed by atoms with Crippen molar-refractivity contribution in [2.75, 3.05) is 6.61 Å². The van der Waals surface area contributed by atoms with E-state index in [9.17, 15) is 4.53 Å². The molecule has 0 N–H and O–H groups in total. The fourth-order valence-corrected chi connectivity index (χ4v) is 9.26. The van der Waals surface area contributed by atoms with Crippen LogP contribution >= 0.6 is 0 Å². The molecule has 2 heteroatoms. The molecule has 0 heterocycles. The van der Waals surface area contributed by atoms with E-state index in [1.54, 1.807) is 44.9 Å². The first-order valence-electron chi connectivity index (χ1n) is 15.3. The lowest BCUT2D eigenvalue weighted by Crippen LogP contribution is -2.50. The van der Waals surface area contributed by atoms with Crippen molar-refractivity contribution in [3.8, 4) is 0 Å². The van der Waals surface area contributed by atoms with E-state index in [0.717, 1.165) is 47.8 Å². The van der Waals surface area contributed by atoms with Crippen LogP contribution < -0.4 is 0 Å². The predicted octanol–water partition coefficient (Wildman–Crippen LogP) is 10.1. The van der Waals surface area contributed by atoms with Crippen LogP contribution in [0.4, 0.5) is 4.53 Å². The Morgan fingerprint density at radius 2 is 1.76 bits per heavy atom. The number of halogens is 1. The summed E-state index contributed by atoms with van der Waals surface area (Å²) in [6.07, 6.45) is 24.7. The first-order valence-corrected chi connectivity index (χ1v) is 15.3. The van der Waals surface area contributed by atoms with Gasteiger partial charge < -0.3 is 0 Å². The van der Waals surface area contributed by atoms with E-state index >= 15 is 0 Å². The Kier molecular flexibility index (Phi) is 8.91. The lowest BCUT2D eigenvalue weighted by atomic mass is 9.46. The van der Waals surface area contributed by atoms with Gasteiger partial charge in [0.05, 0.1) is 6.61 Å². The first kappa shape index (κ1) is 26.7. The smallest absolute Gasteiger partial charge is 0.0873 e. The monoisotopic (exact) mass is 474 g/mol. The van der Waals surface area contributed by atoms with Crippen molar-refractivity contribution in [1.29, 1.82) is 0 Å². The lowest BCUT2D eigenvalue weighted by molar-refractivity contribution is -0.131. The van der Waals surface area contributed by atoms with E-state index in [1.807, 2.05) is 12.5 Å². The summed E-state index contributed by atoms with van der Waals surface area (Å²) in [5.74, 6) is 7.15. The zero-order valence-corrected chi connectivity index (χ0v) is 23.2. The van der Waals surface area contributed by atoms with Crippen molar-refractivity contribution in [2.24, 2.45) is 52.3 Å². The topological polar surface area (TPSA) is 9.23 Å². The molecule has 0 spiro atoms. The molecular weight excluding hydrogens is 419 g/mol. The summed E-state index contributed by atoms with van der Waals surface area (Å²) in [5.41, 5.74) is 3.17. The van der Waals surface area contributed by atoms with Crippen LogP contribution in [0.5, 0.6) is 0 Å². The Morgan fingerprint density at radius 3 is 2.41 bits per heavy atom. The second kappa shape index (κ2) is 11.4. The van der Waals surface area contributed by atoms with Crippen LogP contribution in [-0.4, -0.2) is 6.61 Å². The van der Waals surface area contributed by atoms with Crippen LogP contribution in [0, 0.1) is 52.3 Å². The van der Waals surface area contributed by atoms with Gasteiger partial charge in [-0.15, -0.1) is 0 Å². The van der Waals surface area contributed by atoms with Crippen LogP contribution in [0.25, 0.3) is 0 Å². The molecule has 0 aliphatic heterocycles. The van der Waals surface area contributed by atoms with Gasteiger partial charge in [0.2, 0.25) is 0 Å². The van der Waals surface area contributed by atoms with E-state index in [-0.39, 0.29) is 6.61 Å². The van der Waals surface area contributed by atoms with Gasteiger partial charge in [-0.25, -0.2) is 0 Å². The molecule has 0 saturated heterocycles. The maximum Gasteiger partial charge on any atom is 0.0873 e. The summed E-state index contributed by atoms with van der Waals surface area (Å²) in [6, 6.07) is 0. The minimum absolute atomic E-state index is 0.222. The van der Waals surface area contributed by atoms with Gasteiger partial charge in [0.15, 0.2) is 0 Å². The molecule has 5 aliphatic carbocycles. The SMILES string of the molecule is CC(C)CCCCC1CCC2C3CC=C4CC(C5CC5)CCC4(C)C3CCC12C.CCCOF. The minimum Gasteiger partial charge on any atom is -0.194 e. The van der Waals surface area contributed by atoms with Gasteiger partial charge >= 0.3 is 0 Å². The van der Waals surface area contributed by atoms with Gasteiger partial charge in [-0.2, -0.15) is 4.94 Å². The molecule has 0 bridgehead atoms. The van der Waals surface area contributed by atoms with Crippen molar-refractivity contribution >= 4 is 0 Å². The molecule has 7 atom stereocenters. The van der Waals surface area contributed by atoms with Gasteiger partial charge in [-0.1, -0.05) is 65.5 Å². The standard InChI is InChI=1S/C29H48.C3H7FO/c1-20(2)7-5-6-8-23-12-14-26-25-13-11-24-19-22(21-9-10-21)15-17-29(24,4)27(25)16-18-28(23,26)3;1-2-3-5-4/h11,20-23,25-27H,5-10,12-19H2,1-4H3;2-3H2,1H3. The molecule has 0 amide bonds. The van der Waals surface area contributed by atoms with Crippen molar-refractivity contribution in [3.05, 3.63) is 11.6 Å². The summed E-state index contributed by atoms with van der Waals surface area (Å²) in [6.45, 7) is 12.3. The Morgan fingerprint density at radius 1 is 0.971 bits per heavy atom. The van der Waals surface area contributed by atoms with Gasteiger partial charge in [0.1, 0.15) is 0 Å². The molecule has 5 rings (SSSR count). The highest BCUT2D eigenvalue weighted by Gasteiger charge is 2.58. The van der Waals surface area contributed by atoms with E-state index in [2.05, 4.69) is 38.7 Å². The van der Waals surface area contributed by atoms with E-state index in [0.29, 0.717) is 10.8 Å². The molecule has 196 valence electrons. The quantitative estimate of drug-likeness (QED) is 0.251. The number of hydrogen-bond acceptors (Lipinski definition) is 1. The normalized spacial score (nSPS) is 41.1. The summed E-state index contributed by atoms with van der Waals surface area (Å²) < 4.78 is 10.5. The predicted molar refractivity (Wildman–Crippen MR) is 142 cm³/mol. The number of unbranched alkanes of at least 4 members (excludes halogenated alkanes) is 1. The number of hydrogen-bond donors (Lipinski definition) is 0. The van der Waals surface area contributed by atoms with Crippen LogP contribution in [0.15, 0.2) is 11.6 Å². The number of rotatable bonds is 8. The summed E-state index contributed by atoms with van der Waals surface area (Å²) in [5, 5.41) is 0. The molecule has 1 nitrogen and oxygen atoms in total. The highest BCUT2D eigenvalue weighted by Crippen LogP contribution is 2.67. The summed E-state index contributed by atoms with van der Waals surface area (Å²) >= 11 is 0. The van der Waals surface area contributed by atoms with Crippen LogP contribution in [0.2, 0.25) is 0 Å². The third-order valence-electron chi connectivity index (χ3n) is 11.5. The molecule has 0 aromatic heterocycles. The fraction of sp³-hybridized carbons (Fsp3) is 0.938. The third-order valence-corrected chi connectivity index (χ3v) is 11.5. The van der Waals surface area contributed by atoms with Gasteiger partial charge in [0.25, 0.3) is 0 Å². The molecule has 7 unspecified atom stereocenters.